The highest BCUT2D eigenvalue weighted by atomic mass is 79.9. The molecule has 0 radical (unpaired) electrons. The molecule has 2 aromatic rings. The van der Waals surface area contributed by atoms with E-state index in [2.05, 4.69) is 26.2 Å². The lowest BCUT2D eigenvalue weighted by Crippen LogP contribution is -1.93. The van der Waals surface area contributed by atoms with Gasteiger partial charge in [-0.15, -0.1) is 4.91 Å². The lowest BCUT2D eigenvalue weighted by Gasteiger charge is -1.99. The minimum atomic E-state index is 0.436. The molecule has 2 heterocycles. The van der Waals surface area contributed by atoms with Crippen molar-refractivity contribution in [1.29, 1.82) is 0 Å². The summed E-state index contributed by atoms with van der Waals surface area (Å²) in [5, 5.41) is 7.64. The second kappa shape index (κ2) is 3.38. The molecule has 0 aliphatic heterocycles. The van der Waals surface area contributed by atoms with Crippen LogP contribution in [0.2, 0.25) is 0 Å². The predicted octanol–water partition coefficient (Wildman–Crippen LogP) is 3.68. The number of aryl methyl sites for hydroxylation is 1. The van der Waals surface area contributed by atoms with Gasteiger partial charge in [0.05, 0.1) is 11.2 Å². The highest BCUT2D eigenvalue weighted by Gasteiger charge is 2.31. The van der Waals surface area contributed by atoms with E-state index < -0.39 is 0 Å². The van der Waals surface area contributed by atoms with Gasteiger partial charge in [0.2, 0.25) is 0 Å². The van der Waals surface area contributed by atoms with Crippen molar-refractivity contribution in [3.8, 4) is 0 Å². The van der Waals surface area contributed by atoms with Crippen LogP contribution in [0.25, 0.3) is 5.52 Å². The third-order valence-corrected chi connectivity index (χ3v) is 3.39. The average molecular weight is 280 g/mol. The van der Waals surface area contributed by atoms with Crippen molar-refractivity contribution >= 4 is 27.1 Å². The molecule has 1 saturated carbocycles. The number of halogens is 1. The Morgan fingerprint density at radius 2 is 2.25 bits per heavy atom. The predicted molar refractivity (Wildman–Crippen MR) is 65.1 cm³/mol. The summed E-state index contributed by atoms with van der Waals surface area (Å²) in [5.74, 6) is 0.436. The summed E-state index contributed by atoms with van der Waals surface area (Å²) >= 11 is 3.42. The molecule has 5 heteroatoms. The van der Waals surface area contributed by atoms with Crippen molar-refractivity contribution < 1.29 is 0 Å². The van der Waals surface area contributed by atoms with Crippen LogP contribution in [0.5, 0.6) is 0 Å². The molecule has 0 amide bonds. The number of nitroso groups, excluding NO2 is 1. The highest BCUT2D eigenvalue weighted by Crippen LogP contribution is 2.45. The molecular formula is C11H10BrN3O. The number of fused-ring (bicyclic) bond motifs is 1. The van der Waals surface area contributed by atoms with Crippen molar-refractivity contribution in [1.82, 2.24) is 9.61 Å². The van der Waals surface area contributed by atoms with Gasteiger partial charge in [0.25, 0.3) is 0 Å². The second-order valence-corrected chi connectivity index (χ2v) is 5.13. The number of rotatable bonds is 2. The molecule has 0 atom stereocenters. The number of nitrogens with zero attached hydrogens (tertiary/aromatic N) is 3. The number of aromatic nitrogens is 2. The summed E-state index contributed by atoms with van der Waals surface area (Å²) in [6.07, 6.45) is 2.24. The van der Waals surface area contributed by atoms with Gasteiger partial charge in [-0.2, -0.15) is 5.10 Å². The molecule has 0 aromatic carbocycles. The first kappa shape index (κ1) is 9.96. The fourth-order valence-corrected chi connectivity index (χ4v) is 2.55. The van der Waals surface area contributed by atoms with E-state index in [4.69, 9.17) is 0 Å². The van der Waals surface area contributed by atoms with Gasteiger partial charge in [-0.1, -0.05) is 15.9 Å². The summed E-state index contributed by atoms with van der Waals surface area (Å²) in [4.78, 5) is 10.9. The van der Waals surface area contributed by atoms with Gasteiger partial charge < -0.3 is 0 Å². The zero-order valence-electron chi connectivity index (χ0n) is 8.77. The van der Waals surface area contributed by atoms with Crippen molar-refractivity contribution in [3.05, 3.63) is 32.9 Å². The quantitative estimate of drug-likeness (QED) is 0.788. The Bertz CT molecular complexity index is 586. The Labute approximate surface area is 101 Å². The topological polar surface area (TPSA) is 46.7 Å². The molecule has 0 saturated heterocycles. The Morgan fingerprint density at radius 3 is 2.88 bits per heavy atom. The standard InChI is InChI=1S/C11H10BrN3O/c1-6-4-8(12)5-9-11(14-16)10(7-2-3-7)13-15(6)9/h4-5,7H,2-3H2,1H3. The van der Waals surface area contributed by atoms with E-state index in [1.165, 1.54) is 0 Å². The van der Waals surface area contributed by atoms with Crippen LogP contribution >= 0.6 is 15.9 Å². The first-order valence-electron chi connectivity index (χ1n) is 5.23. The average Bonchev–Trinajstić information content (AvgIpc) is 3.00. The molecule has 0 spiro atoms. The van der Waals surface area contributed by atoms with Crippen LogP contribution in [0.4, 0.5) is 5.69 Å². The zero-order valence-corrected chi connectivity index (χ0v) is 10.4. The van der Waals surface area contributed by atoms with Crippen molar-refractivity contribution in [2.75, 3.05) is 0 Å². The molecule has 4 nitrogen and oxygen atoms in total. The summed E-state index contributed by atoms with van der Waals surface area (Å²) in [5.41, 5.74) is 3.16. The number of hydrogen-bond donors (Lipinski definition) is 0. The van der Waals surface area contributed by atoms with Crippen molar-refractivity contribution in [2.24, 2.45) is 5.18 Å². The maximum Gasteiger partial charge on any atom is 0.157 e. The third-order valence-electron chi connectivity index (χ3n) is 2.93. The maximum absolute atomic E-state index is 10.9. The van der Waals surface area contributed by atoms with Crippen LogP contribution in [0, 0.1) is 11.8 Å². The van der Waals surface area contributed by atoms with Crippen LogP contribution in [-0.4, -0.2) is 9.61 Å². The molecule has 1 aliphatic carbocycles. The molecule has 0 bridgehead atoms. The van der Waals surface area contributed by atoms with Gasteiger partial charge in [-0.05, 0) is 37.1 Å². The third kappa shape index (κ3) is 1.38. The molecule has 2 aromatic heterocycles. The fraction of sp³-hybridized carbons (Fsp3) is 0.364. The Kier molecular flexibility index (Phi) is 2.10. The highest BCUT2D eigenvalue weighted by molar-refractivity contribution is 9.10. The molecule has 0 unspecified atom stereocenters. The molecule has 3 rings (SSSR count). The number of pyridine rings is 1. The minimum Gasteiger partial charge on any atom is -0.235 e. The molecule has 82 valence electrons. The van der Waals surface area contributed by atoms with E-state index >= 15 is 0 Å². The number of hydrogen-bond acceptors (Lipinski definition) is 3. The van der Waals surface area contributed by atoms with Crippen molar-refractivity contribution in [3.63, 3.8) is 0 Å². The van der Waals surface area contributed by atoms with Gasteiger partial charge in [0.15, 0.2) is 5.69 Å². The van der Waals surface area contributed by atoms with Crippen LogP contribution in [0.3, 0.4) is 0 Å². The van der Waals surface area contributed by atoms with E-state index in [1.807, 2.05) is 19.1 Å². The SMILES string of the molecule is Cc1cc(Br)cc2c(N=O)c(C3CC3)nn12. The lowest BCUT2D eigenvalue weighted by molar-refractivity contribution is 0.861. The molecule has 1 fully saturated rings. The monoisotopic (exact) mass is 279 g/mol. The van der Waals surface area contributed by atoms with Crippen molar-refractivity contribution in [2.45, 2.75) is 25.7 Å². The van der Waals surface area contributed by atoms with E-state index in [-0.39, 0.29) is 0 Å². The van der Waals surface area contributed by atoms with Gasteiger partial charge in [0.1, 0.15) is 0 Å². The summed E-state index contributed by atoms with van der Waals surface area (Å²) in [6, 6.07) is 3.87. The summed E-state index contributed by atoms with van der Waals surface area (Å²) < 4.78 is 2.75. The summed E-state index contributed by atoms with van der Waals surface area (Å²) in [6.45, 7) is 1.97. The first-order valence-corrected chi connectivity index (χ1v) is 6.02. The van der Waals surface area contributed by atoms with Crippen LogP contribution in [0.15, 0.2) is 21.8 Å². The van der Waals surface area contributed by atoms with Gasteiger partial charge in [-0.25, -0.2) is 4.52 Å². The normalized spacial score (nSPS) is 15.6. The Balaban J connectivity index is 2.37. The maximum atomic E-state index is 10.9. The molecule has 16 heavy (non-hydrogen) atoms. The smallest absolute Gasteiger partial charge is 0.157 e. The molecular weight excluding hydrogens is 270 g/mol. The van der Waals surface area contributed by atoms with E-state index in [1.54, 1.807) is 4.52 Å². The van der Waals surface area contributed by atoms with Gasteiger partial charge >= 0.3 is 0 Å². The first-order chi connectivity index (χ1) is 7.70. The second-order valence-electron chi connectivity index (χ2n) is 4.21. The van der Waals surface area contributed by atoms with Gasteiger partial charge in [0, 0.05) is 16.1 Å². The molecule has 1 aliphatic rings. The fourth-order valence-electron chi connectivity index (χ4n) is 2.00. The van der Waals surface area contributed by atoms with Crippen LogP contribution in [0.1, 0.15) is 30.1 Å². The Hall–Kier alpha value is -1.23. The van der Waals surface area contributed by atoms with Crippen LogP contribution < -0.4 is 0 Å². The van der Waals surface area contributed by atoms with Gasteiger partial charge in [-0.3, -0.25) is 0 Å². The largest absolute Gasteiger partial charge is 0.235 e. The summed E-state index contributed by atoms with van der Waals surface area (Å²) in [7, 11) is 0. The lowest BCUT2D eigenvalue weighted by atomic mass is 10.2. The van der Waals surface area contributed by atoms with Crippen LogP contribution in [-0.2, 0) is 0 Å². The Morgan fingerprint density at radius 1 is 1.50 bits per heavy atom. The molecule has 0 N–H and O–H groups in total. The van der Waals surface area contributed by atoms with E-state index in [0.717, 1.165) is 34.2 Å². The zero-order chi connectivity index (χ0) is 11.3. The van der Waals surface area contributed by atoms with E-state index in [0.29, 0.717) is 11.6 Å². The van der Waals surface area contributed by atoms with E-state index in [9.17, 15) is 4.91 Å². The minimum absolute atomic E-state index is 0.436.